The van der Waals surface area contributed by atoms with Crippen molar-refractivity contribution in [2.45, 2.75) is 33.3 Å². The molecular weight excluding hydrogens is 230 g/mol. The van der Waals surface area contributed by atoms with Gasteiger partial charge in [0.2, 0.25) is 0 Å². The van der Waals surface area contributed by atoms with Crippen LogP contribution in [0.3, 0.4) is 0 Å². The molecule has 0 spiro atoms. The van der Waals surface area contributed by atoms with Crippen LogP contribution in [0.15, 0.2) is 11.4 Å². The molecule has 2 nitrogen and oxygen atoms in total. The molecule has 1 aromatic rings. The molecule has 17 heavy (non-hydrogen) atoms. The smallest absolute Gasteiger partial charge is 0.0822 e. The van der Waals surface area contributed by atoms with Gasteiger partial charge in [0.1, 0.15) is 0 Å². The molecule has 2 N–H and O–H groups in total. The summed E-state index contributed by atoms with van der Waals surface area (Å²) in [5.74, 6) is 6.59. The molecule has 0 saturated heterocycles. The number of nitrogens with two attached hydrogens (primary N) is 1. The summed E-state index contributed by atoms with van der Waals surface area (Å²) in [5.41, 5.74) is 6.43. The van der Waals surface area contributed by atoms with E-state index >= 15 is 0 Å². The Bertz CT molecular complexity index is 375. The van der Waals surface area contributed by atoms with Crippen molar-refractivity contribution in [3.8, 4) is 11.8 Å². The third-order valence-electron chi connectivity index (χ3n) is 2.49. The first-order valence-electron chi connectivity index (χ1n) is 6.11. The third-order valence-corrected chi connectivity index (χ3v) is 3.38. The van der Waals surface area contributed by atoms with Gasteiger partial charge in [-0.05, 0) is 23.8 Å². The zero-order valence-corrected chi connectivity index (χ0v) is 11.5. The molecule has 94 valence electrons. The van der Waals surface area contributed by atoms with Crippen LogP contribution in [0.4, 0.5) is 0 Å². The van der Waals surface area contributed by atoms with Gasteiger partial charge in [-0.25, -0.2) is 0 Å². The number of hydrogen-bond donors (Lipinski definition) is 1. The first kappa shape index (κ1) is 14.2. The van der Waals surface area contributed by atoms with E-state index in [4.69, 9.17) is 10.5 Å². The predicted molar refractivity (Wildman–Crippen MR) is 74.0 cm³/mol. The van der Waals surface area contributed by atoms with Gasteiger partial charge >= 0.3 is 0 Å². The molecule has 1 unspecified atom stereocenters. The topological polar surface area (TPSA) is 35.2 Å². The van der Waals surface area contributed by atoms with Crippen molar-refractivity contribution in [3.63, 3.8) is 0 Å². The molecule has 3 heteroatoms. The maximum Gasteiger partial charge on any atom is 0.0822 e. The van der Waals surface area contributed by atoms with Gasteiger partial charge in [0.25, 0.3) is 0 Å². The van der Waals surface area contributed by atoms with Gasteiger partial charge in [-0.2, -0.15) is 0 Å². The molecule has 0 aliphatic carbocycles. The van der Waals surface area contributed by atoms with Crippen LogP contribution >= 0.6 is 11.3 Å². The highest BCUT2D eigenvalue weighted by atomic mass is 32.1. The first-order chi connectivity index (χ1) is 8.27. The Morgan fingerprint density at radius 3 is 3.06 bits per heavy atom. The Hall–Kier alpha value is -0.820. The van der Waals surface area contributed by atoms with Gasteiger partial charge in [0.15, 0.2) is 0 Å². The highest BCUT2D eigenvalue weighted by Gasteiger charge is 2.04. The summed E-state index contributed by atoms with van der Waals surface area (Å²) in [6, 6.07) is 2.03. The second-order valence-corrected chi connectivity index (χ2v) is 5.17. The average molecular weight is 251 g/mol. The minimum atomic E-state index is 0.406. The van der Waals surface area contributed by atoms with E-state index in [1.165, 1.54) is 17.7 Å². The predicted octanol–water partition coefficient (Wildman–Crippen LogP) is 3.01. The van der Waals surface area contributed by atoms with Crippen LogP contribution in [0, 0.1) is 17.8 Å². The lowest BCUT2D eigenvalue weighted by molar-refractivity contribution is 0.0910. The monoisotopic (exact) mass is 251 g/mol. The van der Waals surface area contributed by atoms with E-state index in [9.17, 15) is 0 Å². The maximum absolute atomic E-state index is 5.72. The van der Waals surface area contributed by atoms with E-state index in [1.54, 1.807) is 11.3 Å². The molecule has 0 radical (unpaired) electrons. The quantitative estimate of drug-likeness (QED) is 0.789. The van der Waals surface area contributed by atoms with E-state index in [0.717, 1.165) is 12.2 Å². The fourth-order valence-corrected chi connectivity index (χ4v) is 2.40. The maximum atomic E-state index is 5.72. The fourth-order valence-electron chi connectivity index (χ4n) is 1.64. The van der Waals surface area contributed by atoms with Gasteiger partial charge < -0.3 is 10.5 Å². The largest absolute Gasteiger partial charge is 0.376 e. The Morgan fingerprint density at radius 1 is 1.53 bits per heavy atom. The summed E-state index contributed by atoms with van der Waals surface area (Å²) >= 11 is 1.70. The molecule has 0 bridgehead atoms. The van der Waals surface area contributed by atoms with Crippen LogP contribution in [0.25, 0.3) is 0 Å². The van der Waals surface area contributed by atoms with E-state index in [0.29, 0.717) is 19.1 Å². The molecule has 1 aromatic heterocycles. The summed E-state index contributed by atoms with van der Waals surface area (Å²) < 4.78 is 5.72. The normalized spacial score (nSPS) is 11.9. The minimum absolute atomic E-state index is 0.406. The SMILES string of the molecule is CCCC(C)COCc1sccc1C#CCN. The lowest BCUT2D eigenvalue weighted by Gasteiger charge is -2.10. The molecule has 0 saturated carbocycles. The molecule has 0 aliphatic rings. The molecule has 1 rings (SSSR count). The van der Waals surface area contributed by atoms with E-state index < -0.39 is 0 Å². The van der Waals surface area contributed by atoms with Crippen LogP contribution in [0.1, 0.15) is 37.1 Å². The van der Waals surface area contributed by atoms with Gasteiger partial charge in [0.05, 0.1) is 13.2 Å². The van der Waals surface area contributed by atoms with E-state index in [1.807, 2.05) is 6.07 Å². The summed E-state index contributed by atoms with van der Waals surface area (Å²) in [5, 5.41) is 2.05. The molecule has 0 amide bonds. The Kier molecular flexibility index (Phi) is 6.95. The third kappa shape index (κ3) is 5.36. The van der Waals surface area contributed by atoms with Gasteiger partial charge in [0, 0.05) is 17.0 Å². The second-order valence-electron chi connectivity index (χ2n) is 4.17. The second kappa shape index (κ2) is 8.30. The highest BCUT2D eigenvalue weighted by Crippen LogP contribution is 2.17. The summed E-state index contributed by atoms with van der Waals surface area (Å²) in [7, 11) is 0. The molecule has 0 aromatic carbocycles. The average Bonchev–Trinajstić information content (AvgIpc) is 2.74. The lowest BCUT2D eigenvalue weighted by atomic mass is 10.1. The van der Waals surface area contributed by atoms with E-state index in [2.05, 4.69) is 31.1 Å². The Morgan fingerprint density at radius 2 is 2.35 bits per heavy atom. The van der Waals surface area contributed by atoms with Crippen LogP contribution in [0.5, 0.6) is 0 Å². The van der Waals surface area contributed by atoms with Crippen LogP contribution in [-0.2, 0) is 11.3 Å². The van der Waals surface area contributed by atoms with Crippen LogP contribution < -0.4 is 5.73 Å². The number of hydrogen-bond acceptors (Lipinski definition) is 3. The first-order valence-corrected chi connectivity index (χ1v) is 6.99. The van der Waals surface area contributed by atoms with Gasteiger partial charge in [-0.15, -0.1) is 11.3 Å². The van der Waals surface area contributed by atoms with Crippen molar-refractivity contribution in [3.05, 3.63) is 21.9 Å². The van der Waals surface area contributed by atoms with Crippen LogP contribution in [-0.4, -0.2) is 13.2 Å². The van der Waals surface area contributed by atoms with Crippen LogP contribution in [0.2, 0.25) is 0 Å². The van der Waals surface area contributed by atoms with E-state index in [-0.39, 0.29) is 0 Å². The van der Waals surface area contributed by atoms with Crippen molar-refractivity contribution in [2.75, 3.05) is 13.2 Å². The summed E-state index contributed by atoms with van der Waals surface area (Å²) in [4.78, 5) is 1.20. The van der Waals surface area contributed by atoms with Gasteiger partial charge in [-0.3, -0.25) is 0 Å². The Labute approximate surface area is 108 Å². The molecule has 0 aliphatic heterocycles. The molecular formula is C14H21NOS. The fraction of sp³-hybridized carbons (Fsp3) is 0.571. The highest BCUT2D eigenvalue weighted by molar-refractivity contribution is 7.10. The van der Waals surface area contributed by atoms with Gasteiger partial charge in [-0.1, -0.05) is 32.1 Å². The molecule has 1 atom stereocenters. The summed E-state index contributed by atoms with van der Waals surface area (Å²) in [6.45, 7) is 6.34. The van der Waals surface area contributed by atoms with Crippen molar-refractivity contribution >= 4 is 11.3 Å². The van der Waals surface area contributed by atoms with Crippen molar-refractivity contribution in [2.24, 2.45) is 11.7 Å². The zero-order valence-electron chi connectivity index (χ0n) is 10.7. The number of thiophene rings is 1. The molecule has 0 fully saturated rings. The summed E-state index contributed by atoms with van der Waals surface area (Å²) in [6.07, 6.45) is 2.45. The lowest BCUT2D eigenvalue weighted by Crippen LogP contribution is -2.05. The number of rotatable bonds is 6. The number of ether oxygens (including phenoxy) is 1. The Balaban J connectivity index is 2.39. The van der Waals surface area contributed by atoms with Crippen molar-refractivity contribution in [1.82, 2.24) is 0 Å². The molecule has 1 heterocycles. The van der Waals surface area contributed by atoms with Crippen molar-refractivity contribution in [1.29, 1.82) is 0 Å². The zero-order chi connectivity index (χ0) is 12.5. The van der Waals surface area contributed by atoms with Crippen molar-refractivity contribution < 1.29 is 4.74 Å². The minimum Gasteiger partial charge on any atom is -0.376 e. The standard InChI is InChI=1S/C14H21NOS/c1-3-5-12(2)10-16-11-14-13(6-4-8-15)7-9-17-14/h7,9,12H,3,5,8,10-11,15H2,1-2H3.